The number of carbonyl (C=O) groups excluding carboxylic acids is 2. The standard InChI is InChI=1S/C77H14N2O2/c80-10-12-2-4-16-14(8-12)15-9-13(11-81)3-5-17(15)78(16)6-1-7-79-76-72-65-58-46-38-29-20-18-19-21-24(20)33-40(38)48-49-41(33)39-30(21)32-28-23(19)26-25-22(18)27-31(29)44(46)52-50-36(27)34(25)42-43-35(26)37(28)51-53-45(32)47(39)59-61(49)70(69(72)60(48)58)73-66(59)64(53)68-57(51)55(43)62-54(42)56(50)67(63(52)65)74(76)71(62)75(68)77(73)79/h2-5,8-11H,1,6-7H2. The molecule has 344 valence electrons. The van der Waals surface area contributed by atoms with E-state index in [2.05, 4.69) is 21.3 Å². The molecular formula is C77H14N2O2. The first kappa shape index (κ1) is 31.8. The van der Waals surface area contributed by atoms with Crippen LogP contribution in [0.5, 0.6) is 0 Å². The van der Waals surface area contributed by atoms with Gasteiger partial charge in [-0.2, -0.15) is 0 Å². The van der Waals surface area contributed by atoms with Gasteiger partial charge in [0.05, 0.1) is 11.0 Å². The molecule has 4 heteroatoms. The number of aldehydes is 2. The summed E-state index contributed by atoms with van der Waals surface area (Å²) in [5.74, 6) is 0. The van der Waals surface area contributed by atoms with Crippen molar-refractivity contribution in [1.82, 2.24) is 9.13 Å². The summed E-state index contributed by atoms with van der Waals surface area (Å²) < 4.78 is 5.49. The number of rotatable bonds is 6. The van der Waals surface area contributed by atoms with E-state index in [0.717, 1.165) is 53.9 Å². The second kappa shape index (κ2) is 7.82. The number of benzene rings is 21. The highest BCUT2D eigenvalue weighted by Crippen LogP contribution is 2.80. The highest BCUT2D eigenvalue weighted by Gasteiger charge is 2.51. The van der Waals surface area contributed by atoms with Crippen LogP contribution in [0.3, 0.4) is 0 Å². The maximum atomic E-state index is 12.3. The van der Waals surface area contributed by atoms with Gasteiger partial charge in [0.25, 0.3) is 0 Å². The zero-order valence-corrected chi connectivity index (χ0v) is 41.5. The molecule has 2 aromatic heterocycles. The predicted octanol–water partition coefficient (Wildman–Crippen LogP) is 20.9. The Bertz CT molecular complexity index is 8060. The fraction of sp³-hybridized carbons (Fsp3) is 0.0390. The Morgan fingerprint density at radius 3 is 0.593 bits per heavy atom. The van der Waals surface area contributed by atoms with Gasteiger partial charge in [-0.1, -0.05) is 0 Å². The van der Waals surface area contributed by atoms with E-state index >= 15 is 0 Å². The molecule has 34 aromatic rings. The third-order valence-electron chi connectivity index (χ3n) is 26.7. The molecule has 4 nitrogen and oxygen atoms in total. The van der Waals surface area contributed by atoms with Crippen molar-refractivity contribution in [3.8, 4) is 0 Å². The van der Waals surface area contributed by atoms with Crippen molar-refractivity contribution in [2.75, 3.05) is 0 Å². The van der Waals surface area contributed by atoms with E-state index in [0.29, 0.717) is 11.1 Å². The molecule has 0 aliphatic heterocycles. The van der Waals surface area contributed by atoms with Crippen molar-refractivity contribution in [3.63, 3.8) is 0 Å². The summed E-state index contributed by atoms with van der Waals surface area (Å²) in [5, 5.41) is 95.1. The summed E-state index contributed by atoms with van der Waals surface area (Å²) in [6, 6.07) is 12.3. The Labute approximate surface area is 441 Å². The Balaban J connectivity index is 0.941. The average Bonchev–Trinajstić information content (AvgIpc) is 1.44. The summed E-state index contributed by atoms with van der Waals surface area (Å²) in [6.45, 7) is 1.67. The van der Waals surface area contributed by atoms with E-state index in [1.54, 1.807) is 312 Å². The Morgan fingerprint density at radius 1 is 0.222 bits per heavy atom. The van der Waals surface area contributed by atoms with Crippen LogP contribution in [0.15, 0.2) is 36.4 Å². The normalized spacial score (nSPS) is 16.4. The van der Waals surface area contributed by atoms with Gasteiger partial charge in [0.2, 0.25) is 0 Å². The summed E-state index contributed by atoms with van der Waals surface area (Å²) >= 11 is 0. The first-order chi connectivity index (χ1) is 40.3. The average molecular weight is 999 g/mol. The number of fused-ring (bicyclic) bond motifs is 8. The molecule has 0 spiro atoms. The molecule has 32 aromatic carbocycles. The Kier molecular flexibility index (Phi) is 3.07. The van der Waals surface area contributed by atoms with E-state index in [-0.39, 0.29) is 0 Å². The zero-order chi connectivity index (χ0) is 49.0. The van der Waals surface area contributed by atoms with Gasteiger partial charge in [0, 0.05) is 358 Å². The van der Waals surface area contributed by atoms with E-state index in [1.807, 2.05) is 24.3 Å². The fourth-order valence-corrected chi connectivity index (χ4v) is 25.7. The molecule has 0 saturated carbocycles. The molecule has 0 radical (unpaired) electrons. The molecule has 0 aliphatic carbocycles. The summed E-state index contributed by atoms with van der Waals surface area (Å²) in [7, 11) is 0. The van der Waals surface area contributed by atoms with Gasteiger partial charge in [-0.05, 0) is 42.8 Å². The highest BCUT2D eigenvalue weighted by molar-refractivity contribution is 6.84. The van der Waals surface area contributed by atoms with Crippen molar-refractivity contribution in [1.29, 1.82) is 0 Å². The van der Waals surface area contributed by atoms with Crippen LogP contribution in [0, 0.1) is 0 Å². The fourth-order valence-electron chi connectivity index (χ4n) is 25.7. The molecule has 34 rings (SSSR count). The monoisotopic (exact) mass is 998 g/mol. The molecule has 2 heterocycles. The van der Waals surface area contributed by atoms with E-state index in [9.17, 15) is 9.59 Å². The van der Waals surface area contributed by atoms with Crippen LogP contribution < -0.4 is 0 Å². The molecule has 0 N–H and O–H groups in total. The second-order valence-electron chi connectivity index (χ2n) is 27.9. The highest BCUT2D eigenvalue weighted by atomic mass is 16.1. The number of pyridine rings is 1. The first-order valence-corrected chi connectivity index (χ1v) is 29.6. The maximum Gasteiger partial charge on any atom is 0.150 e. The topological polar surface area (TPSA) is 44.0 Å². The van der Waals surface area contributed by atoms with Gasteiger partial charge in [-0.15, -0.1) is 0 Å². The van der Waals surface area contributed by atoms with E-state index in [1.165, 1.54) is 11.0 Å². The van der Waals surface area contributed by atoms with Crippen LogP contribution in [0.2, 0.25) is 0 Å². The molecule has 0 atom stereocenters. The van der Waals surface area contributed by atoms with Crippen molar-refractivity contribution in [2.24, 2.45) is 0 Å². The van der Waals surface area contributed by atoms with E-state index < -0.39 is 0 Å². The van der Waals surface area contributed by atoms with Crippen LogP contribution in [0.25, 0.3) is 345 Å². The summed E-state index contributed by atoms with van der Waals surface area (Å²) in [5.41, 5.74) is 6.56. The minimum Gasteiger partial charge on any atom is -0.340 e. The van der Waals surface area contributed by atoms with Crippen LogP contribution >= 0.6 is 0 Å². The van der Waals surface area contributed by atoms with Gasteiger partial charge < -0.3 is 9.13 Å². The molecule has 0 fully saturated rings. The minimum absolute atomic E-state index is 0.661. The maximum absolute atomic E-state index is 12.3. The minimum atomic E-state index is 0.661. The molecule has 0 unspecified atom stereocenters. The van der Waals surface area contributed by atoms with Crippen LogP contribution in [-0.2, 0) is 13.1 Å². The molecule has 0 bridgehead atoms. The van der Waals surface area contributed by atoms with Crippen LogP contribution in [0.1, 0.15) is 27.1 Å². The number of aryl methyl sites for hydroxylation is 2. The number of carbonyl (C=O) groups is 2. The molecule has 0 saturated heterocycles. The van der Waals surface area contributed by atoms with Gasteiger partial charge in [-0.3, -0.25) is 9.59 Å². The lowest BCUT2D eigenvalue weighted by atomic mass is 9.84. The van der Waals surface area contributed by atoms with Gasteiger partial charge in [-0.25, -0.2) is 0 Å². The lowest BCUT2D eigenvalue weighted by Crippen LogP contribution is -2.08. The third kappa shape index (κ3) is 1.97. The lowest BCUT2D eigenvalue weighted by molar-refractivity contribution is 0.111. The molecule has 0 aliphatic rings. The summed E-state index contributed by atoms with van der Waals surface area (Å²) in [4.78, 5) is 24.6. The van der Waals surface area contributed by atoms with Crippen molar-refractivity contribution in [2.45, 2.75) is 19.5 Å². The van der Waals surface area contributed by atoms with Crippen molar-refractivity contribution in [3.05, 3.63) is 47.5 Å². The Hall–Kier alpha value is -10.4. The smallest absolute Gasteiger partial charge is 0.150 e. The molecule has 0 amide bonds. The number of hydrogen-bond acceptors (Lipinski definition) is 2. The Morgan fingerprint density at radius 2 is 0.395 bits per heavy atom. The van der Waals surface area contributed by atoms with Gasteiger partial charge in [0.1, 0.15) is 12.6 Å². The summed E-state index contributed by atoms with van der Waals surface area (Å²) in [6.07, 6.45) is 2.82. The molecular weight excluding hydrogens is 985 g/mol. The largest absolute Gasteiger partial charge is 0.340 e. The number of aromatic nitrogens is 2. The predicted molar refractivity (Wildman–Crippen MR) is 342 cm³/mol. The third-order valence-corrected chi connectivity index (χ3v) is 26.7. The van der Waals surface area contributed by atoms with Crippen molar-refractivity contribution >= 4 is 358 Å². The quantitative estimate of drug-likeness (QED) is 0.0946. The SMILES string of the molecule is O=Cc1ccc2c(c1)c1cc(C=O)ccc1n2CCCn1c2c3c4c5c6c7c8c9c%10c%11c%12c9c9c7c7c%13c9c9c%12c%12c%14c%11c%11c%15c%10c%10c8c6c6c8c%10c%15c%10c%15c%11c%14c%11c%14c%12c9c9c%13c(c3c75)c3c9c%14c5c%11c%15c7c%10c8c(c64)c2c7c5c31. The van der Waals surface area contributed by atoms with Gasteiger partial charge in [0.15, 0.2) is 0 Å². The first-order valence-electron chi connectivity index (χ1n) is 29.6. The van der Waals surface area contributed by atoms with Gasteiger partial charge >= 0.3 is 0 Å². The van der Waals surface area contributed by atoms with Crippen LogP contribution in [-0.4, -0.2) is 21.7 Å². The number of hydrogen-bond donors (Lipinski definition) is 0. The van der Waals surface area contributed by atoms with E-state index in [4.69, 9.17) is 0 Å². The van der Waals surface area contributed by atoms with Crippen LogP contribution in [0.4, 0.5) is 0 Å². The second-order valence-corrected chi connectivity index (χ2v) is 27.9. The zero-order valence-electron chi connectivity index (χ0n) is 41.5. The van der Waals surface area contributed by atoms with Crippen molar-refractivity contribution < 1.29 is 9.59 Å². The number of nitrogens with zero attached hydrogens (tertiary/aromatic N) is 2. The molecule has 81 heavy (non-hydrogen) atoms. The lowest BCUT2D eigenvalue weighted by Gasteiger charge is -2.25.